The number of hydrogen-bond acceptors (Lipinski definition) is 7. The van der Waals surface area contributed by atoms with Crippen molar-refractivity contribution in [3.63, 3.8) is 0 Å². The van der Waals surface area contributed by atoms with Gasteiger partial charge in [0.25, 0.3) is 5.91 Å². The Bertz CT molecular complexity index is 1710. The van der Waals surface area contributed by atoms with E-state index in [0.29, 0.717) is 29.3 Å². The average molecular weight is 620 g/mol. The smallest absolute Gasteiger partial charge is 0.253 e. The third kappa shape index (κ3) is 7.00. The molecular formula is C37H42FN7O. The molecule has 0 spiro atoms. The monoisotopic (exact) mass is 619 g/mol. The van der Waals surface area contributed by atoms with E-state index < -0.39 is 0 Å². The van der Waals surface area contributed by atoms with E-state index in [1.165, 1.54) is 6.07 Å². The predicted molar refractivity (Wildman–Crippen MR) is 182 cm³/mol. The molecule has 3 aromatic carbocycles. The standard InChI is InChI=1S/C37H42FN7O/c1-4-43(5-2)17-8-18-44-19-21-45(22-20-44)36(46)27-12-14-29(15-13-27)41-37-40-25-28-24-39-35(31-9-6-7-10-33(31)38)32-23-26(3)11-16-30(32)34(28)42-37/h6-7,9-16,23,25H,4-5,8,17-22,24H2,1-3H3,(H,40,41,42). The summed E-state index contributed by atoms with van der Waals surface area (Å²) in [5.74, 6) is 0.197. The predicted octanol–water partition coefficient (Wildman–Crippen LogP) is 6.18. The molecule has 6 rings (SSSR count). The van der Waals surface area contributed by atoms with Gasteiger partial charge in [0, 0.05) is 65.9 Å². The second kappa shape index (κ2) is 14.3. The lowest BCUT2D eigenvalue weighted by molar-refractivity contribution is 0.0632. The molecule has 0 bridgehead atoms. The van der Waals surface area contributed by atoms with E-state index in [1.54, 1.807) is 18.3 Å². The fraction of sp³-hybridized carbons (Fsp3) is 0.351. The number of anilines is 2. The normalized spacial score (nSPS) is 14.8. The Labute approximate surface area is 271 Å². The van der Waals surface area contributed by atoms with Gasteiger partial charge in [0.1, 0.15) is 5.82 Å². The number of nitrogens with one attached hydrogen (secondary N) is 1. The summed E-state index contributed by atoms with van der Waals surface area (Å²) in [6.07, 6.45) is 2.94. The van der Waals surface area contributed by atoms with E-state index in [9.17, 15) is 9.18 Å². The van der Waals surface area contributed by atoms with E-state index >= 15 is 0 Å². The van der Waals surface area contributed by atoms with Crippen LogP contribution in [0.4, 0.5) is 16.0 Å². The number of aryl methyl sites for hydroxylation is 1. The minimum Gasteiger partial charge on any atom is -0.336 e. The molecule has 1 fully saturated rings. The molecule has 1 saturated heterocycles. The molecule has 0 aliphatic carbocycles. The maximum Gasteiger partial charge on any atom is 0.253 e. The van der Waals surface area contributed by atoms with Crippen LogP contribution in [0, 0.1) is 12.7 Å². The van der Waals surface area contributed by atoms with Gasteiger partial charge in [0.15, 0.2) is 0 Å². The SMILES string of the molecule is CCN(CC)CCCN1CCN(C(=O)c2ccc(Nc3ncc4c(n3)-c3ccc(C)cc3C(c3ccccc3F)=NC4)cc2)CC1. The zero-order chi connectivity index (χ0) is 32.0. The highest BCUT2D eigenvalue weighted by molar-refractivity contribution is 6.17. The quantitative estimate of drug-likeness (QED) is 0.229. The van der Waals surface area contributed by atoms with Crippen molar-refractivity contribution in [1.29, 1.82) is 0 Å². The fourth-order valence-corrected chi connectivity index (χ4v) is 6.25. The van der Waals surface area contributed by atoms with Crippen molar-refractivity contribution in [1.82, 2.24) is 24.7 Å². The maximum absolute atomic E-state index is 14.9. The van der Waals surface area contributed by atoms with Crippen molar-refractivity contribution in [3.05, 3.63) is 107 Å². The van der Waals surface area contributed by atoms with Gasteiger partial charge in [-0.3, -0.25) is 14.7 Å². The van der Waals surface area contributed by atoms with Crippen LogP contribution in [0.25, 0.3) is 11.3 Å². The molecule has 3 heterocycles. The van der Waals surface area contributed by atoms with Gasteiger partial charge in [0.2, 0.25) is 5.95 Å². The Hall–Kier alpha value is -4.47. The van der Waals surface area contributed by atoms with Crippen molar-refractivity contribution >= 4 is 23.3 Å². The van der Waals surface area contributed by atoms with Crippen molar-refractivity contribution in [3.8, 4) is 11.3 Å². The van der Waals surface area contributed by atoms with Gasteiger partial charge in [-0.05, 0) is 82.0 Å². The van der Waals surface area contributed by atoms with Crippen LogP contribution in [-0.4, -0.2) is 88.6 Å². The van der Waals surface area contributed by atoms with Gasteiger partial charge >= 0.3 is 0 Å². The van der Waals surface area contributed by atoms with Crippen LogP contribution in [-0.2, 0) is 6.54 Å². The summed E-state index contributed by atoms with van der Waals surface area (Å²) < 4.78 is 14.9. The molecule has 1 N–H and O–H groups in total. The van der Waals surface area contributed by atoms with Gasteiger partial charge in [-0.2, -0.15) is 0 Å². The highest BCUT2D eigenvalue weighted by Crippen LogP contribution is 2.33. The summed E-state index contributed by atoms with van der Waals surface area (Å²) in [4.78, 5) is 34.4. The average Bonchev–Trinajstić information content (AvgIpc) is 3.23. The second-order valence-electron chi connectivity index (χ2n) is 12.0. The Kier molecular flexibility index (Phi) is 9.80. The number of piperazine rings is 1. The van der Waals surface area contributed by atoms with E-state index in [2.05, 4.69) is 33.9 Å². The van der Waals surface area contributed by atoms with Crippen LogP contribution in [0.1, 0.15) is 52.9 Å². The van der Waals surface area contributed by atoms with Crippen molar-refractivity contribution in [2.45, 2.75) is 33.7 Å². The molecule has 0 unspecified atom stereocenters. The summed E-state index contributed by atoms with van der Waals surface area (Å²) >= 11 is 0. The first-order valence-corrected chi connectivity index (χ1v) is 16.3. The van der Waals surface area contributed by atoms with Gasteiger partial charge in [-0.25, -0.2) is 14.4 Å². The molecule has 0 atom stereocenters. The Morgan fingerprint density at radius 3 is 2.43 bits per heavy atom. The van der Waals surface area contributed by atoms with E-state index in [-0.39, 0.29) is 11.7 Å². The topological polar surface area (TPSA) is 77.0 Å². The molecule has 8 nitrogen and oxygen atoms in total. The van der Waals surface area contributed by atoms with Crippen molar-refractivity contribution in [2.75, 3.05) is 57.7 Å². The summed E-state index contributed by atoms with van der Waals surface area (Å²) in [5, 5.41) is 3.30. The zero-order valence-electron chi connectivity index (χ0n) is 27.0. The molecule has 0 radical (unpaired) electrons. The van der Waals surface area contributed by atoms with Crippen molar-refractivity contribution < 1.29 is 9.18 Å². The number of rotatable bonds is 10. The highest BCUT2D eigenvalue weighted by atomic mass is 19.1. The Morgan fingerprint density at radius 2 is 1.70 bits per heavy atom. The third-order valence-corrected chi connectivity index (χ3v) is 8.98. The van der Waals surface area contributed by atoms with Crippen molar-refractivity contribution in [2.24, 2.45) is 4.99 Å². The van der Waals surface area contributed by atoms with Gasteiger partial charge in [0.05, 0.1) is 18.0 Å². The van der Waals surface area contributed by atoms with E-state index in [0.717, 1.165) is 92.4 Å². The number of amides is 1. The Morgan fingerprint density at radius 1 is 0.935 bits per heavy atom. The van der Waals surface area contributed by atoms with Crippen LogP contribution >= 0.6 is 0 Å². The number of halogens is 1. The fourth-order valence-electron chi connectivity index (χ4n) is 6.25. The van der Waals surface area contributed by atoms with E-state index in [4.69, 9.17) is 9.98 Å². The molecule has 0 saturated carbocycles. The first-order valence-electron chi connectivity index (χ1n) is 16.3. The lowest BCUT2D eigenvalue weighted by Gasteiger charge is -2.35. The molecule has 4 aromatic rings. The number of benzene rings is 3. The summed E-state index contributed by atoms with van der Waals surface area (Å²) in [6.45, 7) is 14.5. The minimum atomic E-state index is -0.307. The minimum absolute atomic E-state index is 0.0631. The number of carbonyl (C=O) groups is 1. The first kappa shape index (κ1) is 31.5. The van der Waals surface area contributed by atoms with Crippen LogP contribution in [0.3, 0.4) is 0 Å². The molecule has 1 aromatic heterocycles. The molecular weight excluding hydrogens is 577 g/mol. The zero-order valence-corrected chi connectivity index (χ0v) is 27.0. The molecule has 2 aliphatic rings. The number of aromatic nitrogens is 2. The molecule has 238 valence electrons. The summed E-state index contributed by atoms with van der Waals surface area (Å²) in [6, 6.07) is 20.3. The summed E-state index contributed by atoms with van der Waals surface area (Å²) in [5.41, 5.74) is 6.96. The molecule has 46 heavy (non-hydrogen) atoms. The summed E-state index contributed by atoms with van der Waals surface area (Å²) in [7, 11) is 0. The number of aliphatic imine (C=N–C) groups is 1. The van der Waals surface area contributed by atoms with Crippen LogP contribution < -0.4 is 5.32 Å². The second-order valence-corrected chi connectivity index (χ2v) is 12.0. The number of nitrogens with zero attached hydrogens (tertiary/aromatic N) is 6. The van der Waals surface area contributed by atoms with Gasteiger partial charge in [-0.15, -0.1) is 0 Å². The molecule has 2 aliphatic heterocycles. The largest absolute Gasteiger partial charge is 0.336 e. The highest BCUT2D eigenvalue weighted by Gasteiger charge is 2.24. The van der Waals surface area contributed by atoms with Crippen LogP contribution in [0.5, 0.6) is 0 Å². The van der Waals surface area contributed by atoms with E-state index in [1.807, 2.05) is 60.4 Å². The Balaban J connectivity index is 1.12. The third-order valence-electron chi connectivity index (χ3n) is 8.98. The number of hydrogen-bond donors (Lipinski definition) is 1. The van der Waals surface area contributed by atoms with Crippen LogP contribution in [0.15, 0.2) is 77.9 Å². The van der Waals surface area contributed by atoms with Gasteiger partial charge in [-0.1, -0.05) is 43.7 Å². The number of carbonyl (C=O) groups excluding carboxylic acids is 1. The maximum atomic E-state index is 14.9. The molecule has 1 amide bonds. The number of fused-ring (bicyclic) bond motifs is 3. The van der Waals surface area contributed by atoms with Crippen LogP contribution in [0.2, 0.25) is 0 Å². The lowest BCUT2D eigenvalue weighted by atomic mass is 9.93. The lowest BCUT2D eigenvalue weighted by Crippen LogP contribution is -2.49. The molecule has 9 heteroatoms. The first-order chi connectivity index (χ1) is 22.4. The van der Waals surface area contributed by atoms with Gasteiger partial charge < -0.3 is 15.1 Å².